The Bertz CT molecular complexity index is 661. The van der Waals surface area contributed by atoms with E-state index in [1.54, 1.807) is 0 Å². The van der Waals surface area contributed by atoms with E-state index in [-0.39, 0.29) is 24.0 Å². The molecule has 1 heterocycles. The Kier molecular flexibility index (Phi) is 6.84. The van der Waals surface area contributed by atoms with Crippen LogP contribution in [0.25, 0.3) is 0 Å². The maximum absolute atomic E-state index is 12.6. The van der Waals surface area contributed by atoms with Crippen LogP contribution in [-0.4, -0.2) is 39.0 Å². The number of carboxylic acid groups (broad SMARTS) is 1. The van der Waals surface area contributed by atoms with Crippen molar-refractivity contribution >= 4 is 11.9 Å². The molecule has 0 aliphatic rings. The van der Waals surface area contributed by atoms with Gasteiger partial charge in [-0.25, -0.2) is 4.79 Å². The topological polar surface area (TPSA) is 84.2 Å². The lowest BCUT2D eigenvalue weighted by atomic mass is 9.88. The van der Waals surface area contributed by atoms with Crippen LogP contribution in [0, 0.1) is 19.3 Å². The van der Waals surface area contributed by atoms with Gasteiger partial charge < -0.3 is 10.4 Å². The molecule has 1 atom stereocenters. The second kappa shape index (κ2) is 8.09. The molecule has 1 unspecified atom stereocenters. The minimum Gasteiger partial charge on any atom is -0.480 e. The van der Waals surface area contributed by atoms with E-state index < -0.39 is 30.6 Å². The summed E-state index contributed by atoms with van der Waals surface area (Å²) in [6.45, 7) is 7.66. The van der Waals surface area contributed by atoms with Crippen molar-refractivity contribution in [1.82, 2.24) is 15.1 Å². The van der Waals surface area contributed by atoms with Crippen LogP contribution in [0.2, 0.25) is 0 Å². The molecule has 6 nitrogen and oxygen atoms in total. The van der Waals surface area contributed by atoms with E-state index >= 15 is 0 Å². The first kappa shape index (κ1) is 22.0. The van der Waals surface area contributed by atoms with Crippen LogP contribution in [-0.2, 0) is 22.6 Å². The number of nitrogens with one attached hydrogen (secondary N) is 1. The summed E-state index contributed by atoms with van der Waals surface area (Å²) in [5.41, 5.74) is 0.872. The molecule has 0 saturated heterocycles. The van der Waals surface area contributed by atoms with Crippen molar-refractivity contribution in [3.63, 3.8) is 0 Å². The van der Waals surface area contributed by atoms with E-state index in [9.17, 15) is 27.9 Å². The second-order valence-electron chi connectivity index (χ2n) is 7.66. The van der Waals surface area contributed by atoms with Crippen LogP contribution in [0.5, 0.6) is 0 Å². The molecule has 0 saturated carbocycles. The highest BCUT2D eigenvalue weighted by Crippen LogP contribution is 2.23. The fraction of sp³-hybridized carbons (Fsp3) is 0.706. The van der Waals surface area contributed by atoms with E-state index in [0.717, 1.165) is 4.68 Å². The first-order chi connectivity index (χ1) is 11.7. The summed E-state index contributed by atoms with van der Waals surface area (Å²) in [5, 5.41) is 15.6. The van der Waals surface area contributed by atoms with Crippen LogP contribution < -0.4 is 5.32 Å². The molecule has 0 aliphatic carbocycles. The quantitative estimate of drug-likeness (QED) is 0.765. The number of carbonyl (C=O) groups excluding carboxylic acids is 1. The predicted molar refractivity (Wildman–Crippen MR) is 89.7 cm³/mol. The van der Waals surface area contributed by atoms with Crippen LogP contribution in [0.1, 0.15) is 50.6 Å². The fourth-order valence-corrected chi connectivity index (χ4v) is 2.55. The molecule has 1 aromatic heterocycles. The van der Waals surface area contributed by atoms with Gasteiger partial charge in [-0.2, -0.15) is 18.3 Å². The number of aryl methyl sites for hydroxylation is 1. The first-order valence-electron chi connectivity index (χ1n) is 8.31. The highest BCUT2D eigenvalue weighted by atomic mass is 19.4. The van der Waals surface area contributed by atoms with E-state index in [1.807, 2.05) is 20.8 Å². The standard InChI is InChI=1S/C17H26F3N3O3/c1-10-12(11(2)23(22-10)9-17(18,19)20)8-14(24)21-13(15(25)26)6-7-16(3,4)5/h13H,6-9H2,1-5H3,(H,21,24)(H,25,26). The number of amides is 1. The minimum absolute atomic E-state index is 0.0790. The fourth-order valence-electron chi connectivity index (χ4n) is 2.55. The number of nitrogens with zero attached hydrogens (tertiary/aromatic N) is 2. The van der Waals surface area contributed by atoms with Gasteiger partial charge in [0.05, 0.1) is 12.1 Å². The molecule has 148 valence electrons. The predicted octanol–water partition coefficient (Wildman–Crippen LogP) is 3.00. The van der Waals surface area contributed by atoms with Crippen LogP contribution in [0.3, 0.4) is 0 Å². The van der Waals surface area contributed by atoms with Crippen LogP contribution in [0.4, 0.5) is 13.2 Å². The lowest BCUT2D eigenvalue weighted by Crippen LogP contribution is -2.42. The Morgan fingerprint density at radius 2 is 1.81 bits per heavy atom. The molecule has 0 aliphatic heterocycles. The molecule has 26 heavy (non-hydrogen) atoms. The number of carboxylic acids is 1. The van der Waals surface area contributed by atoms with Crippen molar-refractivity contribution in [3.8, 4) is 0 Å². The SMILES string of the molecule is Cc1nn(CC(F)(F)F)c(C)c1CC(=O)NC(CCC(C)(C)C)C(=O)O. The highest BCUT2D eigenvalue weighted by molar-refractivity contribution is 5.85. The molecule has 1 amide bonds. The third-order valence-corrected chi connectivity index (χ3v) is 4.01. The van der Waals surface area contributed by atoms with Crippen molar-refractivity contribution in [2.75, 3.05) is 0 Å². The Morgan fingerprint density at radius 3 is 2.27 bits per heavy atom. The summed E-state index contributed by atoms with van der Waals surface area (Å²) >= 11 is 0. The number of aliphatic carboxylic acids is 1. The largest absolute Gasteiger partial charge is 0.480 e. The van der Waals surface area contributed by atoms with Crippen molar-refractivity contribution < 1.29 is 27.9 Å². The molecule has 9 heteroatoms. The minimum atomic E-state index is -4.41. The molecule has 1 aromatic rings. The normalized spacial score (nSPS) is 13.5. The summed E-state index contributed by atoms with van der Waals surface area (Å²) in [4.78, 5) is 23.6. The zero-order valence-corrected chi connectivity index (χ0v) is 15.7. The van der Waals surface area contributed by atoms with Gasteiger partial charge in [-0.05, 0) is 32.1 Å². The van der Waals surface area contributed by atoms with Crippen LogP contribution >= 0.6 is 0 Å². The molecule has 0 bridgehead atoms. The summed E-state index contributed by atoms with van der Waals surface area (Å²) in [6, 6.07) is -1.03. The van der Waals surface area contributed by atoms with Gasteiger partial charge in [0.1, 0.15) is 12.6 Å². The van der Waals surface area contributed by atoms with Gasteiger partial charge in [0.25, 0.3) is 0 Å². The van der Waals surface area contributed by atoms with Gasteiger partial charge in [-0.15, -0.1) is 0 Å². The Morgan fingerprint density at radius 1 is 1.23 bits per heavy atom. The number of alkyl halides is 3. The average molecular weight is 377 g/mol. The molecule has 0 aromatic carbocycles. The molecule has 0 radical (unpaired) electrons. The zero-order chi connectivity index (χ0) is 20.3. The van der Waals surface area contributed by atoms with Crippen molar-refractivity contribution in [3.05, 3.63) is 17.0 Å². The van der Waals surface area contributed by atoms with Gasteiger partial charge in [0, 0.05) is 11.3 Å². The van der Waals surface area contributed by atoms with Gasteiger partial charge >= 0.3 is 12.1 Å². The number of hydrogen-bond donors (Lipinski definition) is 2. The third kappa shape index (κ3) is 7.05. The van der Waals surface area contributed by atoms with E-state index in [4.69, 9.17) is 0 Å². The molecular weight excluding hydrogens is 351 g/mol. The molecular formula is C17H26F3N3O3. The highest BCUT2D eigenvalue weighted by Gasteiger charge is 2.30. The molecule has 2 N–H and O–H groups in total. The first-order valence-corrected chi connectivity index (χ1v) is 8.31. The molecule has 0 fully saturated rings. The maximum atomic E-state index is 12.6. The van der Waals surface area contributed by atoms with Gasteiger partial charge in [-0.1, -0.05) is 20.8 Å². The molecule has 0 spiro atoms. The second-order valence-corrected chi connectivity index (χ2v) is 7.66. The lowest BCUT2D eigenvalue weighted by molar-refractivity contribution is -0.143. The van der Waals surface area contributed by atoms with Gasteiger partial charge in [0.2, 0.25) is 5.91 Å². The summed E-state index contributed by atoms with van der Waals surface area (Å²) in [7, 11) is 0. The number of carbonyl (C=O) groups is 2. The van der Waals surface area contributed by atoms with Gasteiger partial charge in [0.15, 0.2) is 0 Å². The van der Waals surface area contributed by atoms with Gasteiger partial charge in [-0.3, -0.25) is 9.48 Å². The maximum Gasteiger partial charge on any atom is 0.408 e. The smallest absolute Gasteiger partial charge is 0.408 e. The number of aromatic nitrogens is 2. The van der Waals surface area contributed by atoms with Crippen molar-refractivity contribution in [1.29, 1.82) is 0 Å². The average Bonchev–Trinajstić information content (AvgIpc) is 2.67. The Hall–Kier alpha value is -2.06. The Balaban J connectivity index is 2.82. The number of rotatable bonds is 7. The van der Waals surface area contributed by atoms with E-state index in [2.05, 4.69) is 10.4 Å². The zero-order valence-electron chi connectivity index (χ0n) is 15.7. The van der Waals surface area contributed by atoms with Crippen molar-refractivity contribution in [2.24, 2.45) is 5.41 Å². The summed E-state index contributed by atoms with van der Waals surface area (Å²) < 4.78 is 38.5. The Labute approximate surface area is 150 Å². The summed E-state index contributed by atoms with van der Waals surface area (Å²) in [5.74, 6) is -1.69. The number of hydrogen-bond acceptors (Lipinski definition) is 3. The number of halogens is 3. The summed E-state index contributed by atoms with van der Waals surface area (Å²) in [6.07, 6.45) is -3.75. The monoisotopic (exact) mass is 377 g/mol. The van der Waals surface area contributed by atoms with Crippen LogP contribution in [0.15, 0.2) is 0 Å². The molecule has 1 rings (SSSR count). The van der Waals surface area contributed by atoms with Crippen molar-refractivity contribution in [2.45, 2.75) is 72.6 Å². The third-order valence-electron chi connectivity index (χ3n) is 4.01. The van der Waals surface area contributed by atoms with E-state index in [1.165, 1.54) is 13.8 Å². The lowest BCUT2D eigenvalue weighted by Gasteiger charge is -2.21. The van der Waals surface area contributed by atoms with E-state index in [0.29, 0.717) is 17.7 Å².